The molecule has 116 valence electrons. The summed E-state index contributed by atoms with van der Waals surface area (Å²) in [5.41, 5.74) is 7.06. The van der Waals surface area contributed by atoms with E-state index in [4.69, 9.17) is 17.3 Å². The zero-order chi connectivity index (χ0) is 16.1. The van der Waals surface area contributed by atoms with Crippen molar-refractivity contribution in [1.29, 1.82) is 0 Å². The first kappa shape index (κ1) is 16.5. The van der Waals surface area contributed by atoms with Crippen LogP contribution in [0.25, 0.3) is 0 Å². The van der Waals surface area contributed by atoms with Crippen molar-refractivity contribution in [2.75, 3.05) is 13.6 Å². The Morgan fingerprint density at radius 3 is 2.55 bits per heavy atom. The molecule has 0 saturated heterocycles. The number of nitrogens with zero attached hydrogens (tertiary/aromatic N) is 1. The predicted molar refractivity (Wildman–Crippen MR) is 86.1 cm³/mol. The van der Waals surface area contributed by atoms with E-state index in [1.165, 1.54) is 12.1 Å². The highest BCUT2D eigenvalue weighted by Crippen LogP contribution is 2.33. The SMILES string of the molecule is CN(C(=O)CCN)C(c1ccccc1)c1ccc(F)cc1Cl. The molecule has 2 aromatic carbocycles. The van der Waals surface area contributed by atoms with Gasteiger partial charge in [-0.2, -0.15) is 0 Å². The summed E-state index contributed by atoms with van der Waals surface area (Å²) in [7, 11) is 1.70. The van der Waals surface area contributed by atoms with Crippen molar-refractivity contribution in [2.45, 2.75) is 12.5 Å². The second kappa shape index (κ2) is 7.38. The van der Waals surface area contributed by atoms with Crippen molar-refractivity contribution in [2.24, 2.45) is 5.73 Å². The lowest BCUT2D eigenvalue weighted by Gasteiger charge is -2.30. The molecule has 0 radical (unpaired) electrons. The molecule has 2 aromatic rings. The van der Waals surface area contributed by atoms with Gasteiger partial charge in [0, 0.05) is 25.0 Å². The third-order valence-electron chi connectivity index (χ3n) is 3.51. The van der Waals surface area contributed by atoms with Gasteiger partial charge in [0.15, 0.2) is 0 Å². The summed E-state index contributed by atoms with van der Waals surface area (Å²) < 4.78 is 13.3. The van der Waals surface area contributed by atoms with Crippen LogP contribution in [0.1, 0.15) is 23.6 Å². The van der Waals surface area contributed by atoms with Crippen LogP contribution in [0, 0.1) is 5.82 Å². The molecule has 1 amide bonds. The van der Waals surface area contributed by atoms with Gasteiger partial charge in [-0.3, -0.25) is 4.79 Å². The van der Waals surface area contributed by atoms with Crippen LogP contribution in [-0.4, -0.2) is 24.4 Å². The highest BCUT2D eigenvalue weighted by molar-refractivity contribution is 6.31. The maximum Gasteiger partial charge on any atom is 0.224 e. The molecule has 0 fully saturated rings. The van der Waals surface area contributed by atoms with E-state index in [0.29, 0.717) is 10.6 Å². The maximum absolute atomic E-state index is 13.3. The first-order chi connectivity index (χ1) is 10.5. The molecular formula is C17H18ClFN2O. The van der Waals surface area contributed by atoms with Crippen LogP contribution in [0.15, 0.2) is 48.5 Å². The lowest BCUT2D eigenvalue weighted by atomic mass is 9.97. The van der Waals surface area contributed by atoms with E-state index in [-0.39, 0.29) is 24.9 Å². The zero-order valence-corrected chi connectivity index (χ0v) is 13.1. The van der Waals surface area contributed by atoms with Crippen molar-refractivity contribution in [1.82, 2.24) is 4.90 Å². The van der Waals surface area contributed by atoms with Gasteiger partial charge >= 0.3 is 0 Å². The highest BCUT2D eigenvalue weighted by atomic mass is 35.5. The average molecular weight is 321 g/mol. The first-order valence-electron chi connectivity index (χ1n) is 7.00. The molecule has 2 N–H and O–H groups in total. The number of hydrogen-bond donors (Lipinski definition) is 1. The number of hydrogen-bond acceptors (Lipinski definition) is 2. The van der Waals surface area contributed by atoms with Crippen molar-refractivity contribution in [3.8, 4) is 0 Å². The normalized spacial score (nSPS) is 12.0. The number of nitrogens with two attached hydrogens (primary N) is 1. The molecule has 2 rings (SSSR count). The molecular weight excluding hydrogens is 303 g/mol. The van der Waals surface area contributed by atoms with E-state index in [1.807, 2.05) is 30.3 Å². The Labute approximate surface area is 134 Å². The molecule has 0 spiro atoms. The molecule has 0 aliphatic rings. The van der Waals surface area contributed by atoms with Crippen LogP contribution in [0.2, 0.25) is 5.02 Å². The van der Waals surface area contributed by atoms with Gasteiger partial charge in [-0.1, -0.05) is 48.0 Å². The zero-order valence-electron chi connectivity index (χ0n) is 12.3. The summed E-state index contributed by atoms with van der Waals surface area (Å²) in [6.07, 6.45) is 0.249. The summed E-state index contributed by atoms with van der Waals surface area (Å²) in [5.74, 6) is -0.492. The van der Waals surface area contributed by atoms with Crippen LogP contribution in [0.3, 0.4) is 0 Å². The Morgan fingerprint density at radius 1 is 1.27 bits per heavy atom. The van der Waals surface area contributed by atoms with Crippen LogP contribution in [0.4, 0.5) is 4.39 Å². The van der Waals surface area contributed by atoms with Crippen molar-refractivity contribution in [3.05, 3.63) is 70.5 Å². The second-order valence-corrected chi connectivity index (χ2v) is 5.43. The van der Waals surface area contributed by atoms with Crippen LogP contribution in [0.5, 0.6) is 0 Å². The van der Waals surface area contributed by atoms with E-state index in [2.05, 4.69) is 0 Å². The molecule has 22 heavy (non-hydrogen) atoms. The Hall–Kier alpha value is -1.91. The fourth-order valence-electron chi connectivity index (χ4n) is 2.41. The highest BCUT2D eigenvalue weighted by Gasteiger charge is 2.25. The molecule has 0 aliphatic carbocycles. The van der Waals surface area contributed by atoms with E-state index in [9.17, 15) is 9.18 Å². The Balaban J connectivity index is 2.48. The monoisotopic (exact) mass is 320 g/mol. The average Bonchev–Trinajstić information content (AvgIpc) is 2.51. The standard InChI is InChI=1S/C17H18ClFN2O/c1-21(16(22)9-10-20)17(12-5-3-2-4-6-12)14-8-7-13(19)11-15(14)18/h2-8,11,17H,9-10,20H2,1H3. The predicted octanol–water partition coefficient (Wildman–Crippen LogP) is 3.38. The van der Waals surface area contributed by atoms with E-state index in [0.717, 1.165) is 5.56 Å². The Bertz CT molecular complexity index is 648. The van der Waals surface area contributed by atoms with Gasteiger partial charge < -0.3 is 10.6 Å². The summed E-state index contributed by atoms with van der Waals surface area (Å²) in [4.78, 5) is 13.8. The second-order valence-electron chi connectivity index (χ2n) is 5.02. The number of benzene rings is 2. The molecule has 5 heteroatoms. The van der Waals surface area contributed by atoms with Gasteiger partial charge in [-0.25, -0.2) is 4.39 Å². The van der Waals surface area contributed by atoms with Crippen LogP contribution in [-0.2, 0) is 4.79 Å². The summed E-state index contributed by atoms with van der Waals surface area (Å²) in [6.45, 7) is 0.280. The van der Waals surface area contributed by atoms with Gasteiger partial charge in [-0.15, -0.1) is 0 Å². The quantitative estimate of drug-likeness (QED) is 0.918. The number of carbonyl (C=O) groups is 1. The molecule has 0 saturated carbocycles. The van der Waals surface area contributed by atoms with Gasteiger partial charge in [0.2, 0.25) is 5.91 Å². The molecule has 3 nitrogen and oxygen atoms in total. The van der Waals surface area contributed by atoms with E-state index in [1.54, 1.807) is 18.0 Å². The smallest absolute Gasteiger partial charge is 0.224 e. The number of amides is 1. The number of halogens is 2. The molecule has 0 aromatic heterocycles. The number of carbonyl (C=O) groups excluding carboxylic acids is 1. The summed E-state index contributed by atoms with van der Waals surface area (Å²) in [6, 6.07) is 13.3. The minimum absolute atomic E-state index is 0.0863. The fourth-order valence-corrected chi connectivity index (χ4v) is 2.68. The molecule has 0 heterocycles. The molecule has 1 unspecified atom stereocenters. The van der Waals surface area contributed by atoms with Gasteiger partial charge in [0.05, 0.1) is 6.04 Å². The van der Waals surface area contributed by atoms with Gasteiger partial charge in [-0.05, 0) is 23.3 Å². The molecule has 0 aliphatic heterocycles. The van der Waals surface area contributed by atoms with Crippen molar-refractivity contribution in [3.63, 3.8) is 0 Å². The summed E-state index contributed by atoms with van der Waals surface area (Å²) in [5, 5.41) is 0.293. The largest absolute Gasteiger partial charge is 0.335 e. The van der Waals surface area contributed by atoms with E-state index >= 15 is 0 Å². The topological polar surface area (TPSA) is 46.3 Å². The minimum Gasteiger partial charge on any atom is -0.335 e. The molecule has 0 bridgehead atoms. The Morgan fingerprint density at radius 2 is 1.95 bits per heavy atom. The van der Waals surface area contributed by atoms with Crippen LogP contribution >= 0.6 is 11.6 Å². The Kier molecular flexibility index (Phi) is 5.52. The van der Waals surface area contributed by atoms with Gasteiger partial charge in [0.1, 0.15) is 5.82 Å². The lowest BCUT2D eigenvalue weighted by molar-refractivity contribution is -0.131. The fraction of sp³-hybridized carbons (Fsp3) is 0.235. The first-order valence-corrected chi connectivity index (χ1v) is 7.38. The van der Waals surface area contributed by atoms with Crippen molar-refractivity contribution >= 4 is 17.5 Å². The minimum atomic E-state index is -0.406. The number of rotatable bonds is 5. The third-order valence-corrected chi connectivity index (χ3v) is 3.84. The molecule has 1 atom stereocenters. The van der Waals surface area contributed by atoms with Gasteiger partial charge in [0.25, 0.3) is 0 Å². The summed E-state index contributed by atoms with van der Waals surface area (Å²) >= 11 is 6.20. The maximum atomic E-state index is 13.3. The van der Waals surface area contributed by atoms with E-state index < -0.39 is 5.82 Å². The third kappa shape index (κ3) is 3.64. The lowest BCUT2D eigenvalue weighted by Crippen LogP contribution is -2.33. The van der Waals surface area contributed by atoms with Crippen LogP contribution < -0.4 is 5.73 Å². The van der Waals surface area contributed by atoms with Crippen molar-refractivity contribution < 1.29 is 9.18 Å².